The molecule has 0 aromatic heterocycles. The topological polar surface area (TPSA) is 92.5 Å². The van der Waals surface area contributed by atoms with Gasteiger partial charge < -0.3 is 11.1 Å². The van der Waals surface area contributed by atoms with E-state index in [0.29, 0.717) is 30.5 Å². The summed E-state index contributed by atoms with van der Waals surface area (Å²) in [5, 5.41) is 2.69. The van der Waals surface area contributed by atoms with Crippen LogP contribution in [0.3, 0.4) is 0 Å². The summed E-state index contributed by atoms with van der Waals surface area (Å²) in [6.07, 6.45) is 5.54. The van der Waals surface area contributed by atoms with Crippen molar-refractivity contribution >= 4 is 17.7 Å². The molecule has 0 aromatic rings. The van der Waals surface area contributed by atoms with Gasteiger partial charge in [-0.3, -0.25) is 19.3 Å². The molecule has 2 aliphatic rings. The molecule has 3 N–H and O–H groups in total. The number of amides is 3. The lowest BCUT2D eigenvalue weighted by molar-refractivity contribution is -0.141. The number of hydrogen-bond acceptors (Lipinski definition) is 4. The molecule has 0 spiro atoms. The first-order chi connectivity index (χ1) is 10.1. The highest BCUT2D eigenvalue weighted by atomic mass is 16.2. The number of piperidine rings is 1. The third-order valence-electron chi connectivity index (χ3n) is 3.37. The minimum absolute atomic E-state index is 0.0385. The van der Waals surface area contributed by atoms with E-state index >= 15 is 0 Å². The van der Waals surface area contributed by atoms with Gasteiger partial charge in [-0.25, -0.2) is 0 Å². The minimum atomic E-state index is -0.306. The van der Waals surface area contributed by atoms with E-state index in [0.717, 1.165) is 0 Å². The zero-order valence-electron chi connectivity index (χ0n) is 12.4. The number of carbonyl (C=O) groups is 3. The predicted molar refractivity (Wildman–Crippen MR) is 80.0 cm³/mol. The van der Waals surface area contributed by atoms with Gasteiger partial charge in [0.1, 0.15) is 0 Å². The number of nitrogens with one attached hydrogen (secondary N) is 1. The van der Waals surface area contributed by atoms with Gasteiger partial charge in [-0.15, -0.1) is 0 Å². The summed E-state index contributed by atoms with van der Waals surface area (Å²) in [4.78, 5) is 36.9. The lowest BCUT2D eigenvalue weighted by atomic mass is 10.1. The van der Waals surface area contributed by atoms with Crippen molar-refractivity contribution in [3.63, 3.8) is 0 Å². The molecule has 0 saturated carbocycles. The summed E-state index contributed by atoms with van der Waals surface area (Å²) in [7, 11) is 1.50. The average Bonchev–Trinajstić information content (AvgIpc) is 2.74. The largest absolute Gasteiger partial charge is 0.354 e. The van der Waals surface area contributed by atoms with E-state index in [-0.39, 0.29) is 23.8 Å². The summed E-state index contributed by atoms with van der Waals surface area (Å²) in [6.45, 7) is 5.61. The third-order valence-corrected chi connectivity index (χ3v) is 3.37. The molecular formula is C15H21N3O3. The van der Waals surface area contributed by atoms with E-state index in [1.807, 2.05) is 0 Å². The van der Waals surface area contributed by atoms with Crippen LogP contribution in [0.25, 0.3) is 0 Å². The van der Waals surface area contributed by atoms with Crippen LogP contribution in [0.4, 0.5) is 0 Å². The van der Waals surface area contributed by atoms with Crippen LogP contribution in [0, 0.1) is 0 Å². The first-order valence-electron chi connectivity index (χ1n) is 6.82. The number of carbonyl (C=O) groups excluding carboxylic acids is 3. The Morgan fingerprint density at radius 1 is 1.24 bits per heavy atom. The van der Waals surface area contributed by atoms with Crippen LogP contribution in [0.2, 0.25) is 0 Å². The van der Waals surface area contributed by atoms with Crippen molar-refractivity contribution in [3.05, 3.63) is 36.0 Å². The maximum atomic E-state index is 12.3. The van der Waals surface area contributed by atoms with Gasteiger partial charge in [0.2, 0.25) is 5.91 Å². The van der Waals surface area contributed by atoms with E-state index in [9.17, 15) is 14.4 Å². The molecule has 3 amide bonds. The maximum Gasteiger partial charge on any atom is 0.261 e. The number of hydrogen-bond donors (Lipinski definition) is 2. The fraction of sp³-hybridized carbons (Fsp3) is 0.400. The van der Waals surface area contributed by atoms with Crippen LogP contribution < -0.4 is 11.1 Å². The van der Waals surface area contributed by atoms with Gasteiger partial charge in [-0.2, -0.15) is 0 Å². The molecule has 6 nitrogen and oxygen atoms in total. The zero-order chi connectivity index (χ0) is 16.0. The lowest BCUT2D eigenvalue weighted by Crippen LogP contribution is -2.50. The van der Waals surface area contributed by atoms with Crippen molar-refractivity contribution < 1.29 is 14.4 Å². The maximum absolute atomic E-state index is 12.3. The number of rotatable bonds is 2. The van der Waals surface area contributed by atoms with Crippen molar-refractivity contribution in [1.29, 1.82) is 0 Å². The molecule has 0 aromatic carbocycles. The number of likely N-dealkylation sites (tertiary alicyclic amines) is 1. The van der Waals surface area contributed by atoms with E-state index in [1.54, 1.807) is 19.1 Å². The molecule has 21 heavy (non-hydrogen) atoms. The molecule has 0 aliphatic carbocycles. The summed E-state index contributed by atoms with van der Waals surface area (Å²) in [6, 6.07) is -0.261. The summed E-state index contributed by atoms with van der Waals surface area (Å²) < 4.78 is 0. The number of imide groups is 1. The second kappa shape index (κ2) is 7.54. The van der Waals surface area contributed by atoms with Crippen molar-refractivity contribution in [2.45, 2.75) is 25.8 Å². The standard InChI is InChI=1S/C14H16N2O3.CH5N/c1-3-5-11-10(4-2)13(18)16(14(11)19)9-6-7-12(17)15-8-9;1-2/h3-5,9H,1,6-8H2,2H3,(H,15,17);2H2,1H3/b10-4+,11-5+;. The molecule has 1 unspecified atom stereocenters. The van der Waals surface area contributed by atoms with Gasteiger partial charge in [-0.1, -0.05) is 18.7 Å². The fourth-order valence-electron chi connectivity index (χ4n) is 2.41. The van der Waals surface area contributed by atoms with Crippen molar-refractivity contribution in [1.82, 2.24) is 10.2 Å². The van der Waals surface area contributed by atoms with Gasteiger partial charge in [0.05, 0.1) is 11.6 Å². The van der Waals surface area contributed by atoms with E-state index in [2.05, 4.69) is 17.6 Å². The van der Waals surface area contributed by atoms with Crippen LogP contribution in [0.5, 0.6) is 0 Å². The quantitative estimate of drug-likeness (QED) is 0.564. The first-order valence-corrected chi connectivity index (χ1v) is 6.82. The fourth-order valence-corrected chi connectivity index (χ4v) is 2.41. The molecule has 0 radical (unpaired) electrons. The average molecular weight is 291 g/mol. The lowest BCUT2D eigenvalue weighted by Gasteiger charge is -2.29. The van der Waals surface area contributed by atoms with Crippen LogP contribution >= 0.6 is 0 Å². The van der Waals surface area contributed by atoms with Crippen LogP contribution in [-0.4, -0.2) is 42.3 Å². The van der Waals surface area contributed by atoms with Crippen LogP contribution in [-0.2, 0) is 14.4 Å². The van der Waals surface area contributed by atoms with Gasteiger partial charge in [0.25, 0.3) is 11.8 Å². The molecular weight excluding hydrogens is 270 g/mol. The molecule has 0 bridgehead atoms. The second-order valence-corrected chi connectivity index (χ2v) is 4.50. The molecule has 114 valence electrons. The molecule has 2 heterocycles. The predicted octanol–water partition coefficient (Wildman–Crippen LogP) is 0.267. The highest BCUT2D eigenvalue weighted by Crippen LogP contribution is 2.28. The number of nitrogens with zero attached hydrogens (tertiary/aromatic N) is 1. The molecule has 2 saturated heterocycles. The molecule has 2 rings (SSSR count). The number of allylic oxidation sites excluding steroid dienone is 3. The van der Waals surface area contributed by atoms with Crippen LogP contribution in [0.1, 0.15) is 19.8 Å². The monoisotopic (exact) mass is 291 g/mol. The third kappa shape index (κ3) is 3.28. The van der Waals surface area contributed by atoms with Crippen molar-refractivity contribution in [3.8, 4) is 0 Å². The Hall–Kier alpha value is -2.21. The number of nitrogens with two attached hydrogens (primary N) is 1. The Morgan fingerprint density at radius 3 is 2.33 bits per heavy atom. The molecule has 2 aliphatic heterocycles. The summed E-state index contributed by atoms with van der Waals surface area (Å²) in [5.41, 5.74) is 5.28. The molecule has 1 atom stereocenters. The Morgan fingerprint density at radius 2 is 1.86 bits per heavy atom. The molecule has 2 fully saturated rings. The first kappa shape index (κ1) is 16.8. The zero-order valence-corrected chi connectivity index (χ0v) is 12.4. The van der Waals surface area contributed by atoms with Gasteiger partial charge in [0, 0.05) is 18.5 Å². The Kier molecular flexibility index (Phi) is 6.05. The highest BCUT2D eigenvalue weighted by molar-refractivity contribution is 6.24. The van der Waals surface area contributed by atoms with Gasteiger partial charge in [0.15, 0.2) is 0 Å². The second-order valence-electron chi connectivity index (χ2n) is 4.50. The van der Waals surface area contributed by atoms with Crippen molar-refractivity contribution in [2.24, 2.45) is 5.73 Å². The van der Waals surface area contributed by atoms with Gasteiger partial charge in [-0.05, 0) is 26.5 Å². The van der Waals surface area contributed by atoms with Gasteiger partial charge >= 0.3 is 0 Å². The van der Waals surface area contributed by atoms with E-state index in [4.69, 9.17) is 0 Å². The Balaban J connectivity index is 0.00000106. The normalized spacial score (nSPS) is 25.8. The summed E-state index contributed by atoms with van der Waals surface area (Å²) in [5.74, 6) is -0.635. The van der Waals surface area contributed by atoms with E-state index < -0.39 is 0 Å². The minimum Gasteiger partial charge on any atom is -0.354 e. The molecule has 6 heteroatoms. The Bertz CT molecular complexity index is 510. The van der Waals surface area contributed by atoms with Crippen molar-refractivity contribution in [2.75, 3.05) is 13.6 Å². The van der Waals surface area contributed by atoms with Crippen LogP contribution in [0.15, 0.2) is 36.0 Å². The summed E-state index contributed by atoms with van der Waals surface area (Å²) >= 11 is 0. The Labute approximate surface area is 124 Å². The smallest absolute Gasteiger partial charge is 0.261 e. The highest BCUT2D eigenvalue weighted by Gasteiger charge is 2.42. The SMILES string of the molecule is C=C/C=C1/C(=O)N(C2CCC(=O)NC2)C(=O)/C1=C/C.CN. The van der Waals surface area contributed by atoms with E-state index in [1.165, 1.54) is 18.0 Å².